The molecule has 3 nitrogen and oxygen atoms in total. The largest absolute Gasteiger partial charge is 0.393 e. The van der Waals surface area contributed by atoms with Gasteiger partial charge in [0, 0.05) is 13.1 Å². The quantitative estimate of drug-likeness (QED) is 0.894. The molecule has 4 heteroatoms. The first-order chi connectivity index (χ1) is 8.63. The van der Waals surface area contributed by atoms with E-state index >= 15 is 0 Å². The molecule has 1 saturated heterocycles. The number of anilines is 1. The van der Waals surface area contributed by atoms with E-state index in [0.717, 1.165) is 31.6 Å². The minimum Gasteiger partial charge on any atom is -0.393 e. The van der Waals surface area contributed by atoms with E-state index in [1.165, 1.54) is 0 Å². The summed E-state index contributed by atoms with van der Waals surface area (Å²) in [7, 11) is 0. The number of aliphatic hydroxyl groups is 1. The summed E-state index contributed by atoms with van der Waals surface area (Å²) in [4.78, 5) is 2.15. The number of para-hydroxylation sites is 1. The lowest BCUT2D eigenvalue weighted by molar-refractivity contribution is 0.110. The Morgan fingerprint density at radius 1 is 1.44 bits per heavy atom. The van der Waals surface area contributed by atoms with E-state index < -0.39 is 0 Å². The van der Waals surface area contributed by atoms with Crippen molar-refractivity contribution >= 4 is 17.3 Å². The summed E-state index contributed by atoms with van der Waals surface area (Å²) < 4.78 is 0. The highest BCUT2D eigenvalue weighted by molar-refractivity contribution is 6.33. The van der Waals surface area contributed by atoms with Crippen LogP contribution in [0.2, 0.25) is 5.02 Å². The van der Waals surface area contributed by atoms with Crippen LogP contribution in [0, 0.1) is 17.2 Å². The van der Waals surface area contributed by atoms with Crippen molar-refractivity contribution in [2.45, 2.75) is 25.9 Å². The number of hydrogen-bond acceptors (Lipinski definition) is 3. The third-order valence-electron chi connectivity index (χ3n) is 3.65. The Labute approximate surface area is 113 Å². The number of rotatable bonds is 2. The Morgan fingerprint density at radius 2 is 2.11 bits per heavy atom. The summed E-state index contributed by atoms with van der Waals surface area (Å²) in [6.45, 7) is 3.53. The van der Waals surface area contributed by atoms with Crippen LogP contribution in [0.5, 0.6) is 0 Å². The maximum atomic E-state index is 9.59. The van der Waals surface area contributed by atoms with Crippen LogP contribution in [0.1, 0.15) is 25.3 Å². The van der Waals surface area contributed by atoms with Gasteiger partial charge in [0.1, 0.15) is 6.07 Å². The minimum absolute atomic E-state index is 0.256. The van der Waals surface area contributed by atoms with Gasteiger partial charge in [-0.2, -0.15) is 5.26 Å². The first-order valence-corrected chi connectivity index (χ1v) is 6.63. The third kappa shape index (κ3) is 2.60. The molecule has 1 aliphatic heterocycles. The van der Waals surface area contributed by atoms with Gasteiger partial charge in [0.2, 0.25) is 0 Å². The number of nitriles is 1. The Balaban J connectivity index is 2.18. The number of benzene rings is 1. The fourth-order valence-corrected chi connectivity index (χ4v) is 2.83. The molecule has 0 bridgehead atoms. The number of nitrogens with zero attached hydrogens (tertiary/aromatic N) is 2. The van der Waals surface area contributed by atoms with Crippen molar-refractivity contribution in [1.29, 1.82) is 5.26 Å². The van der Waals surface area contributed by atoms with Gasteiger partial charge in [-0.1, -0.05) is 17.7 Å². The van der Waals surface area contributed by atoms with Gasteiger partial charge in [0.15, 0.2) is 0 Å². The van der Waals surface area contributed by atoms with Gasteiger partial charge in [0.25, 0.3) is 0 Å². The summed E-state index contributed by atoms with van der Waals surface area (Å²) in [5, 5.41) is 19.4. The number of halogens is 1. The topological polar surface area (TPSA) is 47.3 Å². The molecule has 2 rings (SSSR count). The van der Waals surface area contributed by atoms with Crippen LogP contribution >= 0.6 is 11.6 Å². The smallest absolute Gasteiger partial charge is 0.101 e. The molecule has 1 fully saturated rings. The van der Waals surface area contributed by atoms with Crippen molar-refractivity contribution in [3.8, 4) is 6.07 Å². The van der Waals surface area contributed by atoms with Gasteiger partial charge in [-0.05, 0) is 37.8 Å². The molecular weight excluding hydrogens is 248 g/mol. The maximum absolute atomic E-state index is 9.59. The first-order valence-electron chi connectivity index (χ1n) is 6.25. The van der Waals surface area contributed by atoms with Crippen LogP contribution in [-0.2, 0) is 0 Å². The Bertz CT molecular complexity index is 459. The van der Waals surface area contributed by atoms with Gasteiger partial charge in [-0.15, -0.1) is 0 Å². The average molecular weight is 265 g/mol. The van der Waals surface area contributed by atoms with E-state index in [0.29, 0.717) is 16.5 Å². The predicted molar refractivity (Wildman–Crippen MR) is 72.8 cm³/mol. The number of hydrogen-bond donors (Lipinski definition) is 1. The summed E-state index contributed by atoms with van der Waals surface area (Å²) in [5.74, 6) is 0.356. The number of piperidine rings is 1. The van der Waals surface area contributed by atoms with E-state index in [2.05, 4.69) is 11.0 Å². The van der Waals surface area contributed by atoms with E-state index in [1.807, 2.05) is 13.0 Å². The summed E-state index contributed by atoms with van der Waals surface area (Å²) in [6, 6.07) is 7.60. The van der Waals surface area contributed by atoms with Crippen molar-refractivity contribution < 1.29 is 5.11 Å². The highest BCUT2D eigenvalue weighted by atomic mass is 35.5. The lowest BCUT2D eigenvalue weighted by Gasteiger charge is -2.35. The van der Waals surface area contributed by atoms with Gasteiger partial charge >= 0.3 is 0 Å². The highest BCUT2D eigenvalue weighted by Gasteiger charge is 2.25. The van der Waals surface area contributed by atoms with Crippen molar-refractivity contribution in [1.82, 2.24) is 0 Å². The zero-order valence-corrected chi connectivity index (χ0v) is 11.2. The summed E-state index contributed by atoms with van der Waals surface area (Å²) in [5.41, 5.74) is 1.46. The van der Waals surface area contributed by atoms with Crippen LogP contribution < -0.4 is 4.90 Å². The zero-order valence-electron chi connectivity index (χ0n) is 10.4. The summed E-state index contributed by atoms with van der Waals surface area (Å²) in [6.07, 6.45) is 1.62. The van der Waals surface area contributed by atoms with Crippen LogP contribution in [0.25, 0.3) is 0 Å². The molecule has 1 atom stereocenters. The molecule has 1 heterocycles. The Hall–Kier alpha value is -1.24. The van der Waals surface area contributed by atoms with Crippen molar-refractivity contribution in [3.05, 3.63) is 28.8 Å². The molecule has 0 aliphatic carbocycles. The maximum Gasteiger partial charge on any atom is 0.101 e. The lowest BCUT2D eigenvalue weighted by Crippen LogP contribution is -2.37. The van der Waals surface area contributed by atoms with E-state index in [1.54, 1.807) is 12.1 Å². The van der Waals surface area contributed by atoms with Crippen LogP contribution in [0.4, 0.5) is 5.69 Å². The molecule has 0 spiro atoms. The Morgan fingerprint density at radius 3 is 2.67 bits per heavy atom. The minimum atomic E-state index is -0.256. The predicted octanol–water partition coefficient (Wildman–Crippen LogP) is 2.81. The fraction of sp³-hybridized carbons (Fsp3) is 0.500. The molecule has 0 saturated carbocycles. The monoisotopic (exact) mass is 264 g/mol. The van der Waals surface area contributed by atoms with Crippen LogP contribution in [0.15, 0.2) is 18.2 Å². The van der Waals surface area contributed by atoms with Gasteiger partial charge in [-0.3, -0.25) is 0 Å². The molecule has 18 heavy (non-hydrogen) atoms. The van der Waals surface area contributed by atoms with Gasteiger partial charge in [-0.25, -0.2) is 0 Å². The van der Waals surface area contributed by atoms with Crippen molar-refractivity contribution in [3.63, 3.8) is 0 Å². The van der Waals surface area contributed by atoms with E-state index in [4.69, 9.17) is 16.9 Å². The molecule has 1 aromatic rings. The molecule has 96 valence electrons. The third-order valence-corrected chi connectivity index (χ3v) is 3.95. The lowest BCUT2D eigenvalue weighted by atomic mass is 9.91. The first kappa shape index (κ1) is 13.2. The Kier molecular flexibility index (Phi) is 4.11. The van der Waals surface area contributed by atoms with Crippen LogP contribution in [-0.4, -0.2) is 24.3 Å². The van der Waals surface area contributed by atoms with Gasteiger partial charge < -0.3 is 10.0 Å². The highest BCUT2D eigenvalue weighted by Crippen LogP contribution is 2.33. The molecule has 0 amide bonds. The molecule has 0 aromatic heterocycles. The fourth-order valence-electron chi connectivity index (χ4n) is 2.53. The normalized spacial score (nSPS) is 18.4. The van der Waals surface area contributed by atoms with E-state index in [9.17, 15) is 5.11 Å². The molecule has 1 unspecified atom stereocenters. The van der Waals surface area contributed by atoms with Crippen molar-refractivity contribution in [2.75, 3.05) is 18.0 Å². The second-order valence-corrected chi connectivity index (χ2v) is 5.22. The molecule has 1 aromatic carbocycles. The second-order valence-electron chi connectivity index (χ2n) is 4.81. The average Bonchev–Trinajstić information content (AvgIpc) is 2.38. The molecule has 1 aliphatic rings. The zero-order chi connectivity index (χ0) is 13.1. The SMILES string of the molecule is CC(O)C1CCN(c2c(Cl)cccc2C#N)CC1. The van der Waals surface area contributed by atoms with E-state index in [-0.39, 0.29) is 6.10 Å². The van der Waals surface area contributed by atoms with Crippen molar-refractivity contribution in [2.24, 2.45) is 5.92 Å². The second kappa shape index (κ2) is 5.60. The molecule has 0 radical (unpaired) electrons. The molecule has 1 N–H and O–H groups in total. The summed E-state index contributed by atoms with van der Waals surface area (Å²) >= 11 is 6.20. The molecular formula is C14H17ClN2O. The van der Waals surface area contributed by atoms with Crippen LogP contribution in [0.3, 0.4) is 0 Å². The van der Waals surface area contributed by atoms with Gasteiger partial charge in [0.05, 0.1) is 22.4 Å². The number of aliphatic hydroxyl groups excluding tert-OH is 1. The standard InChI is InChI=1S/C14H17ClN2O/c1-10(18)11-5-7-17(8-6-11)14-12(9-16)3-2-4-13(14)15/h2-4,10-11,18H,5-8H2,1H3.